The third-order valence-electron chi connectivity index (χ3n) is 5.50. The van der Waals surface area contributed by atoms with E-state index >= 15 is 0 Å². The van der Waals surface area contributed by atoms with Crippen molar-refractivity contribution in [3.8, 4) is 0 Å². The number of nitrogens with zero attached hydrogens (tertiary/aromatic N) is 3. The van der Waals surface area contributed by atoms with Crippen LogP contribution in [0, 0.1) is 0 Å². The van der Waals surface area contributed by atoms with Gasteiger partial charge in [0.15, 0.2) is 0 Å². The van der Waals surface area contributed by atoms with Crippen LogP contribution >= 0.6 is 0 Å². The van der Waals surface area contributed by atoms with Crippen LogP contribution in [0.15, 0.2) is 73.3 Å². The molecule has 2 aromatic carbocycles. The van der Waals surface area contributed by atoms with E-state index in [0.717, 1.165) is 25.0 Å². The first-order valence-electron chi connectivity index (χ1n) is 11.0. The highest BCUT2D eigenvalue weighted by atomic mass is 16.5. The molecule has 2 amide bonds. The van der Waals surface area contributed by atoms with E-state index in [2.05, 4.69) is 10.3 Å². The molecule has 1 atom stereocenters. The summed E-state index contributed by atoms with van der Waals surface area (Å²) in [6, 6.07) is 17.1. The number of nitrogens with one attached hydrogen (secondary N) is 1. The molecule has 32 heavy (non-hydrogen) atoms. The Hall–Kier alpha value is -3.45. The average Bonchev–Trinajstić information content (AvgIpc) is 3.52. The lowest BCUT2D eigenvalue weighted by Gasteiger charge is -2.26. The fraction of sp³-hybridized carbons (Fsp3) is 0.320. The highest BCUT2D eigenvalue weighted by molar-refractivity contribution is 5.97. The number of carbonyl (C=O) groups excluding carboxylic acids is 2. The third kappa shape index (κ3) is 6.04. The molecule has 1 aromatic heterocycles. The first kappa shape index (κ1) is 21.8. The van der Waals surface area contributed by atoms with Crippen molar-refractivity contribution in [1.29, 1.82) is 0 Å². The Kier molecular flexibility index (Phi) is 7.30. The molecule has 3 aromatic rings. The fourth-order valence-corrected chi connectivity index (χ4v) is 3.84. The van der Waals surface area contributed by atoms with Crippen molar-refractivity contribution in [3.63, 3.8) is 0 Å². The minimum atomic E-state index is -0.108. The Morgan fingerprint density at radius 3 is 2.78 bits per heavy atom. The highest BCUT2D eigenvalue weighted by Gasteiger charge is 2.24. The topological polar surface area (TPSA) is 76.5 Å². The SMILES string of the molecule is O=C(CCn1ccnc1)Nc1cccc(C(=O)N(Cc2ccccc2)CC2CCCO2)c1. The van der Waals surface area contributed by atoms with Crippen LogP contribution in [0.5, 0.6) is 0 Å². The second-order valence-electron chi connectivity index (χ2n) is 7.99. The second kappa shape index (κ2) is 10.7. The number of hydrogen-bond donors (Lipinski definition) is 1. The van der Waals surface area contributed by atoms with E-state index in [-0.39, 0.29) is 17.9 Å². The lowest BCUT2D eigenvalue weighted by Crippen LogP contribution is -2.37. The number of anilines is 1. The number of aryl methyl sites for hydroxylation is 1. The van der Waals surface area contributed by atoms with Crippen LogP contribution in [0.2, 0.25) is 0 Å². The zero-order valence-electron chi connectivity index (χ0n) is 18.0. The molecule has 1 fully saturated rings. The zero-order valence-corrected chi connectivity index (χ0v) is 18.0. The van der Waals surface area contributed by atoms with Crippen LogP contribution in [-0.4, -0.2) is 45.5 Å². The van der Waals surface area contributed by atoms with Crippen molar-refractivity contribution >= 4 is 17.5 Å². The van der Waals surface area contributed by atoms with Crippen molar-refractivity contribution < 1.29 is 14.3 Å². The number of amides is 2. The Morgan fingerprint density at radius 1 is 1.16 bits per heavy atom. The molecule has 1 aliphatic rings. The van der Waals surface area contributed by atoms with Crippen molar-refractivity contribution in [2.45, 2.75) is 38.5 Å². The van der Waals surface area contributed by atoms with E-state index in [1.807, 2.05) is 46.0 Å². The van der Waals surface area contributed by atoms with Gasteiger partial charge in [-0.25, -0.2) is 4.98 Å². The number of aromatic nitrogens is 2. The summed E-state index contributed by atoms with van der Waals surface area (Å²) in [5, 5.41) is 2.89. The van der Waals surface area contributed by atoms with Gasteiger partial charge < -0.3 is 19.5 Å². The summed E-state index contributed by atoms with van der Waals surface area (Å²) < 4.78 is 7.64. The average molecular weight is 433 g/mol. The molecule has 1 unspecified atom stereocenters. The van der Waals surface area contributed by atoms with Gasteiger partial charge in [0.1, 0.15) is 0 Å². The largest absolute Gasteiger partial charge is 0.376 e. The van der Waals surface area contributed by atoms with Gasteiger partial charge in [-0.1, -0.05) is 36.4 Å². The van der Waals surface area contributed by atoms with Gasteiger partial charge in [-0.15, -0.1) is 0 Å². The van der Waals surface area contributed by atoms with Crippen molar-refractivity contribution in [1.82, 2.24) is 14.5 Å². The summed E-state index contributed by atoms with van der Waals surface area (Å²) in [6.07, 6.45) is 7.57. The first-order chi connectivity index (χ1) is 15.7. The summed E-state index contributed by atoms with van der Waals surface area (Å²) in [4.78, 5) is 31.6. The Morgan fingerprint density at radius 2 is 2.03 bits per heavy atom. The van der Waals surface area contributed by atoms with Gasteiger partial charge in [-0.2, -0.15) is 0 Å². The van der Waals surface area contributed by atoms with E-state index < -0.39 is 0 Å². The lowest BCUT2D eigenvalue weighted by molar-refractivity contribution is -0.116. The summed E-state index contributed by atoms with van der Waals surface area (Å²) in [5.74, 6) is -0.178. The van der Waals surface area contributed by atoms with Gasteiger partial charge >= 0.3 is 0 Å². The van der Waals surface area contributed by atoms with E-state index in [1.165, 1.54) is 0 Å². The van der Waals surface area contributed by atoms with Crippen LogP contribution in [0.1, 0.15) is 35.2 Å². The molecular weight excluding hydrogens is 404 g/mol. The minimum Gasteiger partial charge on any atom is -0.376 e. The molecule has 1 aliphatic heterocycles. The fourth-order valence-electron chi connectivity index (χ4n) is 3.84. The van der Waals surface area contributed by atoms with Crippen LogP contribution in [0.4, 0.5) is 5.69 Å². The van der Waals surface area contributed by atoms with Crippen LogP contribution < -0.4 is 5.32 Å². The maximum absolute atomic E-state index is 13.4. The number of benzene rings is 2. The van der Waals surface area contributed by atoms with Gasteiger partial charge in [0.05, 0.1) is 12.4 Å². The number of hydrogen-bond acceptors (Lipinski definition) is 4. The quantitative estimate of drug-likeness (QED) is 0.559. The van der Waals surface area contributed by atoms with Gasteiger partial charge in [-0.3, -0.25) is 9.59 Å². The van der Waals surface area contributed by atoms with Gasteiger partial charge in [0.25, 0.3) is 5.91 Å². The maximum Gasteiger partial charge on any atom is 0.254 e. The van der Waals surface area contributed by atoms with Crippen molar-refractivity contribution in [2.24, 2.45) is 0 Å². The Bertz CT molecular complexity index is 1010. The highest BCUT2D eigenvalue weighted by Crippen LogP contribution is 2.19. The Balaban J connectivity index is 1.43. The first-order valence-corrected chi connectivity index (χ1v) is 11.0. The molecule has 2 heterocycles. The lowest BCUT2D eigenvalue weighted by atomic mass is 10.1. The van der Waals surface area contributed by atoms with E-state index in [9.17, 15) is 9.59 Å². The molecule has 7 nitrogen and oxygen atoms in total. The molecule has 0 saturated carbocycles. The van der Waals surface area contributed by atoms with E-state index in [4.69, 9.17) is 4.74 Å². The molecule has 4 rings (SSSR count). The smallest absolute Gasteiger partial charge is 0.254 e. The minimum absolute atomic E-state index is 0.0636. The molecule has 7 heteroatoms. The number of ether oxygens (including phenoxy) is 1. The predicted molar refractivity (Wildman–Crippen MR) is 122 cm³/mol. The number of imidazole rings is 1. The summed E-state index contributed by atoms with van der Waals surface area (Å²) in [5.41, 5.74) is 2.23. The summed E-state index contributed by atoms with van der Waals surface area (Å²) in [6.45, 7) is 2.37. The normalized spacial score (nSPS) is 15.4. The molecule has 1 N–H and O–H groups in total. The molecule has 166 valence electrons. The standard InChI is InChI=1S/C25H28N4O3/c30-24(11-13-28-14-12-26-19-28)27-22-9-4-8-21(16-22)25(31)29(18-23-10-5-15-32-23)17-20-6-2-1-3-7-20/h1-4,6-9,12,14,16,19,23H,5,10-11,13,15,17-18H2,(H,27,30). The third-order valence-corrected chi connectivity index (χ3v) is 5.50. The molecule has 0 aliphatic carbocycles. The Labute approximate surface area is 188 Å². The summed E-state index contributed by atoms with van der Waals surface area (Å²) in [7, 11) is 0. The molecule has 0 radical (unpaired) electrons. The van der Waals surface area contributed by atoms with Crippen LogP contribution in [0.25, 0.3) is 0 Å². The maximum atomic E-state index is 13.4. The molecule has 1 saturated heterocycles. The van der Waals surface area contributed by atoms with Crippen LogP contribution in [0.3, 0.4) is 0 Å². The van der Waals surface area contributed by atoms with E-state index in [0.29, 0.717) is 37.3 Å². The van der Waals surface area contributed by atoms with Gasteiger partial charge in [-0.05, 0) is 36.6 Å². The van der Waals surface area contributed by atoms with Gasteiger partial charge in [0, 0.05) is 56.3 Å². The molecule has 0 spiro atoms. The number of carbonyl (C=O) groups is 2. The zero-order chi connectivity index (χ0) is 22.2. The van der Waals surface area contributed by atoms with Crippen molar-refractivity contribution in [2.75, 3.05) is 18.5 Å². The van der Waals surface area contributed by atoms with Crippen molar-refractivity contribution in [3.05, 3.63) is 84.4 Å². The second-order valence-corrected chi connectivity index (χ2v) is 7.99. The van der Waals surface area contributed by atoms with Gasteiger partial charge in [0.2, 0.25) is 5.91 Å². The molecule has 0 bridgehead atoms. The number of rotatable bonds is 9. The predicted octanol–water partition coefficient (Wildman–Crippen LogP) is 3.73. The molecular formula is C25H28N4O3. The monoisotopic (exact) mass is 432 g/mol. The summed E-state index contributed by atoms with van der Waals surface area (Å²) >= 11 is 0. The van der Waals surface area contributed by atoms with Crippen LogP contribution in [-0.2, 0) is 22.6 Å². The van der Waals surface area contributed by atoms with E-state index in [1.54, 1.807) is 36.8 Å².